The van der Waals surface area contributed by atoms with E-state index < -0.39 is 60.5 Å². The van der Waals surface area contributed by atoms with E-state index in [0.717, 1.165) is 27.9 Å². The van der Waals surface area contributed by atoms with Gasteiger partial charge in [0.05, 0.1) is 12.7 Å². The third-order valence-electron chi connectivity index (χ3n) is 5.25. The maximum Gasteiger partial charge on any atom is 0.339 e. The Morgan fingerprint density at radius 1 is 1.02 bits per heavy atom. The van der Waals surface area contributed by atoms with Crippen LogP contribution < -0.4 is 10.1 Å². The number of benzene rings is 1. The first-order chi connectivity index (χ1) is 19.0. The molecule has 5 atom stereocenters. The molecule has 1 saturated heterocycles. The molecule has 216 valence electrons. The van der Waals surface area contributed by atoms with Crippen molar-refractivity contribution < 1.29 is 57.2 Å². The number of hydrogen-bond acceptors (Lipinski definition) is 13. The smallest absolute Gasteiger partial charge is 0.339 e. The number of rotatable bonds is 12. The Labute approximate surface area is 227 Å². The van der Waals surface area contributed by atoms with Crippen molar-refractivity contribution in [2.24, 2.45) is 5.11 Å². The third-order valence-corrected chi connectivity index (χ3v) is 5.25. The predicted octanol–water partition coefficient (Wildman–Crippen LogP) is 1.00. The molecular formula is C24H28N4O12. The van der Waals surface area contributed by atoms with E-state index in [1.165, 1.54) is 18.2 Å². The van der Waals surface area contributed by atoms with Gasteiger partial charge in [0, 0.05) is 44.3 Å². The minimum atomic E-state index is -1.71. The first-order valence-electron chi connectivity index (χ1n) is 11.8. The van der Waals surface area contributed by atoms with Crippen molar-refractivity contribution in [2.45, 2.75) is 57.9 Å². The lowest BCUT2D eigenvalue weighted by Crippen LogP contribution is -2.64. The third kappa shape index (κ3) is 8.68. The van der Waals surface area contributed by atoms with Crippen molar-refractivity contribution in [3.8, 4) is 5.75 Å². The van der Waals surface area contributed by atoms with Gasteiger partial charge in [-0.25, -0.2) is 4.79 Å². The lowest BCUT2D eigenvalue weighted by Gasteiger charge is -2.43. The van der Waals surface area contributed by atoms with Crippen LogP contribution in [-0.4, -0.2) is 87.0 Å². The van der Waals surface area contributed by atoms with Crippen molar-refractivity contribution in [3.05, 3.63) is 39.8 Å². The Kier molecular flexibility index (Phi) is 11.9. The Hall–Kier alpha value is -4.69. The van der Waals surface area contributed by atoms with Crippen LogP contribution in [0.2, 0.25) is 0 Å². The van der Waals surface area contributed by atoms with Crippen LogP contribution in [0.15, 0.2) is 23.3 Å². The lowest BCUT2D eigenvalue weighted by molar-refractivity contribution is -0.282. The molecule has 0 unspecified atom stereocenters. The molecule has 1 aromatic rings. The summed E-state index contributed by atoms with van der Waals surface area (Å²) in [7, 11) is 1.04. The van der Waals surface area contributed by atoms with Gasteiger partial charge in [-0.3, -0.25) is 24.0 Å². The van der Waals surface area contributed by atoms with Crippen molar-refractivity contribution in [1.29, 1.82) is 0 Å². The zero-order valence-electron chi connectivity index (χ0n) is 22.1. The highest BCUT2D eigenvalue weighted by Gasteiger charge is 2.56. The number of esters is 4. The first kappa shape index (κ1) is 31.5. The molecule has 0 aromatic heterocycles. The van der Waals surface area contributed by atoms with Crippen molar-refractivity contribution in [3.63, 3.8) is 0 Å². The fourth-order valence-corrected chi connectivity index (χ4v) is 3.69. The molecule has 0 aliphatic carbocycles. The minimum Gasteiger partial charge on any atom is -0.467 e. The second-order valence-corrected chi connectivity index (χ2v) is 8.23. The molecule has 0 radical (unpaired) electrons. The Morgan fingerprint density at radius 3 is 2.23 bits per heavy atom. The number of carbonyl (C=O) groups is 6. The number of hydrogen-bond donors (Lipinski definition) is 1. The fraction of sp³-hybridized carbons (Fsp3) is 0.500. The Balaban J connectivity index is 2.52. The number of aldehydes is 1. The number of nitrogens with zero attached hydrogens (tertiary/aromatic N) is 3. The van der Waals surface area contributed by atoms with Crippen LogP contribution in [0, 0.1) is 0 Å². The molecule has 0 bridgehead atoms. The van der Waals surface area contributed by atoms with Gasteiger partial charge in [-0.2, -0.15) is 0 Å². The topological polar surface area (TPSA) is 219 Å². The SMILES string of the molecule is COC(=O)[C@H]1O[C@@H](Oc2ccc(C=O)cc2C(=O)NCCCN=[N+]=[N-])[C@H](OC(C)=O)[C@@H](OC(C)=O)[C@@H]1OC(C)=O. The lowest BCUT2D eigenvalue weighted by atomic mass is 9.97. The minimum absolute atomic E-state index is 0.113. The number of ether oxygens (including phenoxy) is 6. The van der Waals surface area contributed by atoms with E-state index in [0.29, 0.717) is 12.7 Å². The summed E-state index contributed by atoms with van der Waals surface area (Å²) >= 11 is 0. The zero-order chi connectivity index (χ0) is 29.8. The summed E-state index contributed by atoms with van der Waals surface area (Å²) in [5.41, 5.74) is 8.35. The van der Waals surface area contributed by atoms with Gasteiger partial charge in [0.15, 0.2) is 18.3 Å². The monoisotopic (exact) mass is 564 g/mol. The highest BCUT2D eigenvalue weighted by molar-refractivity contribution is 5.98. The average molecular weight is 565 g/mol. The molecule has 1 fully saturated rings. The van der Waals surface area contributed by atoms with E-state index in [2.05, 4.69) is 15.3 Å². The van der Waals surface area contributed by atoms with E-state index in [4.69, 9.17) is 34.0 Å². The van der Waals surface area contributed by atoms with E-state index in [-0.39, 0.29) is 30.0 Å². The highest BCUT2D eigenvalue weighted by atomic mass is 16.7. The molecule has 1 heterocycles. The quantitative estimate of drug-likeness (QED) is 0.0715. The van der Waals surface area contributed by atoms with Gasteiger partial charge in [-0.05, 0) is 30.2 Å². The van der Waals surface area contributed by atoms with Crippen molar-refractivity contribution in [2.75, 3.05) is 20.2 Å². The van der Waals surface area contributed by atoms with Crippen LogP contribution >= 0.6 is 0 Å². The van der Waals surface area contributed by atoms with Crippen LogP contribution in [0.1, 0.15) is 47.9 Å². The van der Waals surface area contributed by atoms with E-state index >= 15 is 0 Å². The fourth-order valence-electron chi connectivity index (χ4n) is 3.69. The van der Waals surface area contributed by atoms with Gasteiger partial charge in [0.2, 0.25) is 12.4 Å². The number of nitrogens with one attached hydrogen (secondary N) is 1. The summed E-state index contributed by atoms with van der Waals surface area (Å²) in [4.78, 5) is 75.3. The molecular weight excluding hydrogens is 536 g/mol. The molecule has 40 heavy (non-hydrogen) atoms. The highest BCUT2D eigenvalue weighted by Crippen LogP contribution is 2.32. The summed E-state index contributed by atoms with van der Waals surface area (Å²) in [5.74, 6) is -4.50. The van der Waals surface area contributed by atoms with Gasteiger partial charge >= 0.3 is 23.9 Å². The van der Waals surface area contributed by atoms with Gasteiger partial charge in [0.25, 0.3) is 5.91 Å². The molecule has 16 heteroatoms. The van der Waals surface area contributed by atoms with Gasteiger partial charge < -0.3 is 33.7 Å². The summed E-state index contributed by atoms with van der Waals surface area (Å²) in [5, 5.41) is 5.96. The number of methoxy groups -OCH3 is 1. The second-order valence-electron chi connectivity index (χ2n) is 8.23. The van der Waals surface area contributed by atoms with E-state index in [1.54, 1.807) is 0 Å². The van der Waals surface area contributed by atoms with Crippen LogP contribution in [0.3, 0.4) is 0 Å². The van der Waals surface area contributed by atoms with E-state index in [9.17, 15) is 28.8 Å². The molecule has 1 amide bonds. The summed E-state index contributed by atoms with van der Waals surface area (Å²) < 4.78 is 32.1. The molecule has 1 aromatic carbocycles. The molecule has 0 saturated carbocycles. The first-order valence-corrected chi connectivity index (χ1v) is 11.8. The zero-order valence-corrected chi connectivity index (χ0v) is 22.1. The summed E-state index contributed by atoms with van der Waals surface area (Å²) in [6, 6.07) is 3.81. The van der Waals surface area contributed by atoms with Crippen LogP contribution in [0.25, 0.3) is 10.4 Å². The van der Waals surface area contributed by atoms with Gasteiger partial charge in [-0.15, -0.1) is 0 Å². The molecule has 1 N–H and O–H groups in total. The Bertz CT molecular complexity index is 1180. The average Bonchev–Trinajstić information content (AvgIpc) is 2.90. The maximum absolute atomic E-state index is 12.9. The molecule has 2 rings (SSSR count). The molecule has 1 aliphatic rings. The van der Waals surface area contributed by atoms with Crippen molar-refractivity contribution in [1.82, 2.24) is 5.32 Å². The van der Waals surface area contributed by atoms with Crippen molar-refractivity contribution >= 4 is 36.1 Å². The number of carbonyl (C=O) groups excluding carboxylic acids is 6. The maximum atomic E-state index is 12.9. The summed E-state index contributed by atoms with van der Waals surface area (Å²) in [6.07, 6.45) is -7.40. The normalized spacial score (nSPS) is 21.6. The molecule has 0 spiro atoms. The molecule has 16 nitrogen and oxygen atoms in total. The van der Waals surface area contributed by atoms with Crippen LogP contribution in [0.5, 0.6) is 5.75 Å². The predicted molar refractivity (Wildman–Crippen MR) is 131 cm³/mol. The molecule has 1 aliphatic heterocycles. The van der Waals surface area contributed by atoms with Gasteiger partial charge in [0.1, 0.15) is 12.0 Å². The van der Waals surface area contributed by atoms with Crippen LogP contribution in [0.4, 0.5) is 0 Å². The standard InChI is InChI=1S/C24H28N4O12/c1-12(30)36-18-19(37-13(2)31)21(38-14(3)32)24(40-20(18)23(34)35-4)39-17-7-6-15(11-29)10-16(17)22(33)26-8-5-9-27-28-25/h6-7,10-11,18-21,24H,5,8-9H2,1-4H3,(H,26,33)/t18-,19-,20-,21+,24+/m0/s1. The second kappa shape index (κ2) is 15.0. The summed E-state index contributed by atoms with van der Waals surface area (Å²) in [6.45, 7) is 3.36. The number of azide groups is 1. The number of amides is 1. The van der Waals surface area contributed by atoms with Gasteiger partial charge in [-0.1, -0.05) is 5.11 Å². The van der Waals surface area contributed by atoms with Crippen LogP contribution in [-0.2, 0) is 42.9 Å². The largest absolute Gasteiger partial charge is 0.467 e. The Morgan fingerprint density at radius 2 is 1.65 bits per heavy atom. The van der Waals surface area contributed by atoms with E-state index in [1.807, 2.05) is 0 Å².